The zero-order valence-electron chi connectivity index (χ0n) is 9.14. The highest BCUT2D eigenvalue weighted by Gasteiger charge is 2.01. The fourth-order valence-corrected chi connectivity index (χ4v) is 1.43. The Morgan fingerprint density at radius 3 is 2.47 bits per heavy atom. The molecule has 1 aromatic carbocycles. The Hall–Kier alpha value is -1.52. The summed E-state index contributed by atoms with van der Waals surface area (Å²) in [6.07, 6.45) is 2.34. The van der Waals surface area contributed by atoms with E-state index in [0.717, 1.165) is 11.3 Å². The third-order valence-corrected chi connectivity index (χ3v) is 2.21. The van der Waals surface area contributed by atoms with Crippen LogP contribution in [0.1, 0.15) is 5.82 Å². The van der Waals surface area contributed by atoms with Crippen molar-refractivity contribution in [2.45, 2.75) is 6.42 Å². The van der Waals surface area contributed by atoms with Crippen molar-refractivity contribution in [3.8, 4) is 11.3 Å². The first-order valence-electron chi connectivity index (χ1n) is 5.07. The minimum absolute atomic E-state index is 0. The molecule has 5 heteroatoms. The predicted molar refractivity (Wildman–Crippen MR) is 67.4 cm³/mol. The highest BCUT2D eigenvalue weighted by Crippen LogP contribution is 2.16. The number of hydrogen-bond donors (Lipinski definition) is 1. The molecule has 0 aliphatic carbocycles. The van der Waals surface area contributed by atoms with E-state index in [0.29, 0.717) is 18.8 Å². The van der Waals surface area contributed by atoms with E-state index in [1.54, 1.807) is 24.4 Å². The Morgan fingerprint density at radius 1 is 1.12 bits per heavy atom. The normalized spacial score (nSPS) is 9.76. The molecule has 2 rings (SSSR count). The zero-order chi connectivity index (χ0) is 11.4. The van der Waals surface area contributed by atoms with E-state index < -0.39 is 0 Å². The average Bonchev–Trinajstić information content (AvgIpc) is 2.31. The first-order valence-corrected chi connectivity index (χ1v) is 5.07. The molecule has 17 heavy (non-hydrogen) atoms. The zero-order valence-corrected chi connectivity index (χ0v) is 9.95. The number of nitrogens with two attached hydrogens (primary N) is 1. The van der Waals surface area contributed by atoms with Crippen LogP contribution in [0.25, 0.3) is 11.3 Å². The SMILES string of the molecule is Cl.NCCc1nccc(-c2ccc(F)cc2)n1. The van der Waals surface area contributed by atoms with E-state index in [9.17, 15) is 4.39 Å². The lowest BCUT2D eigenvalue weighted by atomic mass is 10.1. The Bertz CT molecular complexity index is 473. The molecule has 1 aromatic heterocycles. The first-order chi connectivity index (χ1) is 7.79. The summed E-state index contributed by atoms with van der Waals surface area (Å²) in [5, 5.41) is 0. The second-order valence-electron chi connectivity index (χ2n) is 3.40. The van der Waals surface area contributed by atoms with Gasteiger partial charge < -0.3 is 5.73 Å². The molecule has 0 fully saturated rings. The van der Waals surface area contributed by atoms with Gasteiger partial charge in [0.05, 0.1) is 5.69 Å². The highest BCUT2D eigenvalue weighted by molar-refractivity contribution is 5.85. The number of hydrogen-bond acceptors (Lipinski definition) is 3. The highest BCUT2D eigenvalue weighted by atomic mass is 35.5. The largest absolute Gasteiger partial charge is 0.330 e. The summed E-state index contributed by atoms with van der Waals surface area (Å²) in [4.78, 5) is 8.46. The second-order valence-corrected chi connectivity index (χ2v) is 3.40. The van der Waals surface area contributed by atoms with Crippen molar-refractivity contribution in [2.24, 2.45) is 5.73 Å². The fourth-order valence-electron chi connectivity index (χ4n) is 1.43. The van der Waals surface area contributed by atoms with Gasteiger partial charge >= 0.3 is 0 Å². The summed E-state index contributed by atoms with van der Waals surface area (Å²) >= 11 is 0. The van der Waals surface area contributed by atoms with E-state index in [1.165, 1.54) is 12.1 Å². The Labute approximate surface area is 105 Å². The van der Waals surface area contributed by atoms with Crippen molar-refractivity contribution in [2.75, 3.05) is 6.54 Å². The molecule has 0 spiro atoms. The Kier molecular flexibility index (Phi) is 5.00. The van der Waals surface area contributed by atoms with Gasteiger partial charge in [0.1, 0.15) is 11.6 Å². The fraction of sp³-hybridized carbons (Fsp3) is 0.167. The summed E-state index contributed by atoms with van der Waals surface area (Å²) in [6, 6.07) is 8.03. The van der Waals surface area contributed by atoms with Crippen LogP contribution in [0.5, 0.6) is 0 Å². The number of nitrogens with zero attached hydrogens (tertiary/aromatic N) is 2. The standard InChI is InChI=1S/C12H12FN3.ClH/c13-10-3-1-9(2-4-10)11-6-8-15-12(16-11)5-7-14;/h1-4,6,8H,5,7,14H2;1H. The van der Waals surface area contributed by atoms with Crippen molar-refractivity contribution >= 4 is 12.4 Å². The number of halogens is 2. The van der Waals surface area contributed by atoms with Gasteiger partial charge in [0.2, 0.25) is 0 Å². The minimum atomic E-state index is -0.250. The van der Waals surface area contributed by atoms with E-state index in [-0.39, 0.29) is 18.2 Å². The van der Waals surface area contributed by atoms with Crippen LogP contribution < -0.4 is 5.73 Å². The van der Waals surface area contributed by atoms with E-state index in [4.69, 9.17) is 5.73 Å². The van der Waals surface area contributed by atoms with Gasteiger partial charge in [-0.05, 0) is 36.9 Å². The molecule has 0 aliphatic rings. The monoisotopic (exact) mass is 253 g/mol. The quantitative estimate of drug-likeness (QED) is 0.913. The summed E-state index contributed by atoms with van der Waals surface area (Å²) < 4.78 is 12.8. The van der Waals surface area contributed by atoms with Crippen LogP contribution in [-0.2, 0) is 6.42 Å². The molecule has 1 heterocycles. The van der Waals surface area contributed by atoms with Crippen LogP contribution in [0.15, 0.2) is 36.5 Å². The van der Waals surface area contributed by atoms with Crippen LogP contribution in [-0.4, -0.2) is 16.5 Å². The molecule has 0 atom stereocenters. The van der Waals surface area contributed by atoms with Crippen molar-refractivity contribution < 1.29 is 4.39 Å². The Balaban J connectivity index is 0.00000144. The third kappa shape index (κ3) is 3.47. The summed E-state index contributed by atoms with van der Waals surface area (Å²) in [6.45, 7) is 0.521. The van der Waals surface area contributed by atoms with Crippen molar-refractivity contribution in [3.63, 3.8) is 0 Å². The van der Waals surface area contributed by atoms with Gasteiger partial charge in [-0.2, -0.15) is 0 Å². The molecule has 0 bridgehead atoms. The molecule has 0 radical (unpaired) electrons. The van der Waals surface area contributed by atoms with Crippen molar-refractivity contribution in [1.29, 1.82) is 0 Å². The molecular weight excluding hydrogens is 241 g/mol. The van der Waals surface area contributed by atoms with Crippen LogP contribution in [0.2, 0.25) is 0 Å². The number of benzene rings is 1. The molecule has 2 N–H and O–H groups in total. The van der Waals surface area contributed by atoms with Crippen LogP contribution >= 0.6 is 12.4 Å². The van der Waals surface area contributed by atoms with E-state index in [2.05, 4.69) is 9.97 Å². The summed E-state index contributed by atoms with van der Waals surface area (Å²) in [7, 11) is 0. The van der Waals surface area contributed by atoms with Gasteiger partial charge in [0, 0.05) is 18.2 Å². The van der Waals surface area contributed by atoms with Gasteiger partial charge in [0.25, 0.3) is 0 Å². The van der Waals surface area contributed by atoms with Gasteiger partial charge in [-0.15, -0.1) is 12.4 Å². The maximum Gasteiger partial charge on any atom is 0.130 e. The molecule has 0 unspecified atom stereocenters. The van der Waals surface area contributed by atoms with Gasteiger partial charge in [-0.3, -0.25) is 0 Å². The van der Waals surface area contributed by atoms with Gasteiger partial charge in [-0.25, -0.2) is 14.4 Å². The van der Waals surface area contributed by atoms with E-state index >= 15 is 0 Å². The van der Waals surface area contributed by atoms with Crippen LogP contribution in [0.4, 0.5) is 4.39 Å². The van der Waals surface area contributed by atoms with Gasteiger partial charge in [-0.1, -0.05) is 0 Å². The Morgan fingerprint density at radius 2 is 1.82 bits per heavy atom. The summed E-state index contributed by atoms with van der Waals surface area (Å²) in [5.41, 5.74) is 7.11. The molecule has 2 aromatic rings. The van der Waals surface area contributed by atoms with E-state index in [1.807, 2.05) is 0 Å². The van der Waals surface area contributed by atoms with Crippen molar-refractivity contribution in [3.05, 3.63) is 48.2 Å². The second kappa shape index (κ2) is 6.27. The topological polar surface area (TPSA) is 51.8 Å². The van der Waals surface area contributed by atoms with Crippen molar-refractivity contribution in [1.82, 2.24) is 9.97 Å². The van der Waals surface area contributed by atoms with Crippen LogP contribution in [0.3, 0.4) is 0 Å². The average molecular weight is 254 g/mol. The lowest BCUT2D eigenvalue weighted by molar-refractivity contribution is 0.628. The molecule has 0 amide bonds. The number of aromatic nitrogens is 2. The first kappa shape index (κ1) is 13.5. The molecular formula is C12H13ClFN3. The smallest absolute Gasteiger partial charge is 0.130 e. The minimum Gasteiger partial charge on any atom is -0.330 e. The maximum absolute atomic E-state index is 12.8. The third-order valence-electron chi connectivity index (χ3n) is 2.21. The molecule has 0 saturated carbocycles. The predicted octanol–water partition coefficient (Wildman–Crippen LogP) is 2.21. The van der Waals surface area contributed by atoms with Crippen LogP contribution in [0, 0.1) is 5.82 Å². The molecule has 90 valence electrons. The maximum atomic E-state index is 12.8. The molecule has 0 saturated heterocycles. The van der Waals surface area contributed by atoms with Gasteiger partial charge in [0.15, 0.2) is 0 Å². The molecule has 3 nitrogen and oxygen atoms in total. The lowest BCUT2D eigenvalue weighted by Crippen LogP contribution is -2.06. The molecule has 0 aliphatic heterocycles. The summed E-state index contributed by atoms with van der Waals surface area (Å²) in [5.74, 6) is 0.462. The lowest BCUT2D eigenvalue weighted by Gasteiger charge is -2.02. The number of rotatable bonds is 3.